The quantitative estimate of drug-likeness (QED) is 0.793. The molecular formula is C11H14ClNO3S. The zero-order chi connectivity index (χ0) is 13.1. The first kappa shape index (κ1) is 14.0. The van der Waals surface area contributed by atoms with Gasteiger partial charge in [-0.05, 0) is 30.7 Å². The molecule has 0 aliphatic heterocycles. The number of hydrogen-bond acceptors (Lipinski definition) is 3. The molecule has 6 heteroatoms. The van der Waals surface area contributed by atoms with Gasteiger partial charge in [0.25, 0.3) is 9.05 Å². The van der Waals surface area contributed by atoms with Crippen LogP contribution < -0.4 is 4.90 Å². The number of hydrogen-bond donors (Lipinski definition) is 0. The van der Waals surface area contributed by atoms with Gasteiger partial charge in [0.1, 0.15) is 0 Å². The van der Waals surface area contributed by atoms with E-state index in [1.54, 1.807) is 19.2 Å². The van der Waals surface area contributed by atoms with Crippen molar-refractivity contribution in [3.05, 3.63) is 24.3 Å². The highest BCUT2D eigenvalue weighted by Crippen LogP contribution is 2.20. The second-order valence-electron chi connectivity index (χ2n) is 3.63. The zero-order valence-electron chi connectivity index (χ0n) is 9.68. The number of rotatable bonds is 4. The van der Waals surface area contributed by atoms with Crippen molar-refractivity contribution in [3.63, 3.8) is 0 Å². The fraction of sp³-hybridized carbons (Fsp3) is 0.364. The normalized spacial score (nSPS) is 11.2. The summed E-state index contributed by atoms with van der Waals surface area (Å²) >= 11 is 0. The monoisotopic (exact) mass is 275 g/mol. The number of nitrogens with zero attached hydrogens (tertiary/aromatic N) is 1. The van der Waals surface area contributed by atoms with Crippen molar-refractivity contribution >= 4 is 31.3 Å². The molecule has 0 spiro atoms. The lowest BCUT2D eigenvalue weighted by Gasteiger charge is -2.17. The minimum absolute atomic E-state index is 0.00557. The molecule has 0 atom stereocenters. The average Bonchev–Trinajstić information content (AvgIpc) is 2.27. The van der Waals surface area contributed by atoms with Crippen LogP contribution in [0.25, 0.3) is 0 Å². The Balaban J connectivity index is 2.92. The van der Waals surface area contributed by atoms with E-state index in [0.717, 1.165) is 6.42 Å². The van der Waals surface area contributed by atoms with Gasteiger partial charge >= 0.3 is 0 Å². The van der Waals surface area contributed by atoms with Gasteiger partial charge in [0.15, 0.2) is 0 Å². The summed E-state index contributed by atoms with van der Waals surface area (Å²) in [4.78, 5) is 13.1. The Bertz CT molecular complexity index is 496. The summed E-state index contributed by atoms with van der Waals surface area (Å²) in [7, 11) is 3.14. The third-order valence-corrected chi connectivity index (χ3v) is 3.71. The van der Waals surface area contributed by atoms with Gasteiger partial charge in [-0.1, -0.05) is 6.92 Å². The van der Waals surface area contributed by atoms with Gasteiger partial charge in [0.05, 0.1) is 4.90 Å². The maximum absolute atomic E-state index is 11.6. The first-order valence-electron chi connectivity index (χ1n) is 5.17. The molecule has 0 aliphatic carbocycles. The van der Waals surface area contributed by atoms with Crippen LogP contribution in [-0.4, -0.2) is 21.4 Å². The van der Waals surface area contributed by atoms with Gasteiger partial charge < -0.3 is 4.90 Å². The van der Waals surface area contributed by atoms with E-state index in [9.17, 15) is 13.2 Å². The molecule has 0 heterocycles. The van der Waals surface area contributed by atoms with Crippen molar-refractivity contribution < 1.29 is 13.2 Å². The molecule has 1 aromatic carbocycles. The van der Waals surface area contributed by atoms with Crippen LogP contribution in [0.1, 0.15) is 19.8 Å². The van der Waals surface area contributed by atoms with Crippen LogP contribution in [0.4, 0.5) is 5.69 Å². The summed E-state index contributed by atoms with van der Waals surface area (Å²) in [5.41, 5.74) is 0.646. The Morgan fingerprint density at radius 2 is 1.82 bits per heavy atom. The second kappa shape index (κ2) is 5.51. The van der Waals surface area contributed by atoms with Crippen LogP contribution in [0.5, 0.6) is 0 Å². The average molecular weight is 276 g/mol. The van der Waals surface area contributed by atoms with Crippen LogP contribution in [0.3, 0.4) is 0 Å². The van der Waals surface area contributed by atoms with E-state index in [4.69, 9.17) is 10.7 Å². The fourth-order valence-electron chi connectivity index (χ4n) is 1.36. The first-order chi connectivity index (χ1) is 7.86. The molecule has 0 bridgehead atoms. The highest BCUT2D eigenvalue weighted by Gasteiger charge is 2.12. The van der Waals surface area contributed by atoms with Gasteiger partial charge in [-0.2, -0.15) is 0 Å². The van der Waals surface area contributed by atoms with Crippen molar-refractivity contribution in [1.82, 2.24) is 0 Å². The Kier molecular flexibility index (Phi) is 4.54. The van der Waals surface area contributed by atoms with E-state index in [2.05, 4.69) is 0 Å². The summed E-state index contributed by atoms with van der Waals surface area (Å²) < 4.78 is 22.1. The summed E-state index contributed by atoms with van der Waals surface area (Å²) in [6.07, 6.45) is 1.24. The summed E-state index contributed by atoms with van der Waals surface area (Å²) in [5, 5.41) is 0. The fourth-order valence-corrected chi connectivity index (χ4v) is 2.13. The molecule has 4 nitrogen and oxygen atoms in total. The number of carbonyl (C=O) groups is 1. The standard InChI is InChI=1S/C11H14ClNO3S/c1-3-4-11(14)13(2)9-5-7-10(8-6-9)17(12,15)16/h5-8H,3-4H2,1-2H3. The van der Waals surface area contributed by atoms with Crippen LogP contribution >= 0.6 is 10.7 Å². The lowest BCUT2D eigenvalue weighted by Crippen LogP contribution is -2.25. The highest BCUT2D eigenvalue weighted by atomic mass is 35.7. The molecule has 1 rings (SSSR count). The maximum atomic E-state index is 11.6. The third kappa shape index (κ3) is 3.71. The van der Waals surface area contributed by atoms with E-state index < -0.39 is 9.05 Å². The van der Waals surface area contributed by atoms with Crippen molar-refractivity contribution in [1.29, 1.82) is 0 Å². The second-order valence-corrected chi connectivity index (χ2v) is 6.20. The molecule has 0 saturated carbocycles. The Morgan fingerprint density at radius 3 is 2.24 bits per heavy atom. The molecule has 0 aliphatic rings. The zero-order valence-corrected chi connectivity index (χ0v) is 11.3. The highest BCUT2D eigenvalue weighted by molar-refractivity contribution is 8.13. The van der Waals surface area contributed by atoms with E-state index in [1.165, 1.54) is 17.0 Å². The van der Waals surface area contributed by atoms with Gasteiger partial charge in [0, 0.05) is 29.8 Å². The van der Waals surface area contributed by atoms with E-state index in [0.29, 0.717) is 12.1 Å². The van der Waals surface area contributed by atoms with Gasteiger partial charge in [-0.15, -0.1) is 0 Å². The number of anilines is 1. The molecule has 0 N–H and O–H groups in total. The number of carbonyl (C=O) groups excluding carboxylic acids is 1. The third-order valence-electron chi connectivity index (χ3n) is 2.34. The predicted molar refractivity (Wildman–Crippen MR) is 67.8 cm³/mol. The Hall–Kier alpha value is -1.07. The van der Waals surface area contributed by atoms with Crippen molar-refractivity contribution in [2.45, 2.75) is 24.7 Å². The van der Waals surface area contributed by atoms with Crippen LogP contribution in [-0.2, 0) is 13.8 Å². The van der Waals surface area contributed by atoms with Crippen LogP contribution in [0.2, 0.25) is 0 Å². The van der Waals surface area contributed by atoms with E-state index >= 15 is 0 Å². The minimum Gasteiger partial charge on any atom is -0.316 e. The van der Waals surface area contributed by atoms with E-state index in [1.807, 2.05) is 6.92 Å². The minimum atomic E-state index is -3.71. The SMILES string of the molecule is CCCC(=O)N(C)c1ccc(S(=O)(=O)Cl)cc1. The number of benzene rings is 1. The van der Waals surface area contributed by atoms with Crippen LogP contribution in [0, 0.1) is 0 Å². The topological polar surface area (TPSA) is 54.5 Å². The molecule has 17 heavy (non-hydrogen) atoms. The molecule has 94 valence electrons. The molecule has 1 amide bonds. The smallest absolute Gasteiger partial charge is 0.261 e. The predicted octanol–water partition coefficient (Wildman–Crippen LogP) is 2.38. The molecular weight excluding hydrogens is 262 g/mol. The lowest BCUT2D eigenvalue weighted by molar-refractivity contribution is -0.118. The van der Waals surface area contributed by atoms with Gasteiger partial charge in [-0.3, -0.25) is 4.79 Å². The Labute approximate surface area is 106 Å². The molecule has 0 fully saturated rings. The lowest BCUT2D eigenvalue weighted by atomic mass is 10.2. The van der Waals surface area contributed by atoms with Crippen molar-refractivity contribution in [2.75, 3.05) is 11.9 Å². The van der Waals surface area contributed by atoms with E-state index in [-0.39, 0.29) is 10.8 Å². The van der Waals surface area contributed by atoms with Crippen molar-refractivity contribution in [3.8, 4) is 0 Å². The van der Waals surface area contributed by atoms with Gasteiger partial charge in [-0.25, -0.2) is 8.42 Å². The van der Waals surface area contributed by atoms with Crippen molar-refractivity contribution in [2.24, 2.45) is 0 Å². The molecule has 0 radical (unpaired) electrons. The van der Waals surface area contributed by atoms with Crippen LogP contribution in [0.15, 0.2) is 29.2 Å². The largest absolute Gasteiger partial charge is 0.316 e. The Morgan fingerprint density at radius 1 is 1.29 bits per heavy atom. The molecule has 0 saturated heterocycles. The van der Waals surface area contributed by atoms with Gasteiger partial charge in [0.2, 0.25) is 5.91 Å². The maximum Gasteiger partial charge on any atom is 0.261 e. The molecule has 0 aromatic heterocycles. The summed E-state index contributed by atoms with van der Waals surface area (Å²) in [6, 6.07) is 5.88. The number of amides is 1. The first-order valence-corrected chi connectivity index (χ1v) is 7.48. The summed E-state index contributed by atoms with van der Waals surface area (Å²) in [5.74, 6) is -0.00557. The molecule has 1 aromatic rings. The summed E-state index contributed by atoms with van der Waals surface area (Å²) in [6.45, 7) is 1.93. The molecule has 0 unspecified atom stereocenters. The number of halogens is 1.